The van der Waals surface area contributed by atoms with Crippen LogP contribution in [0.1, 0.15) is 23.9 Å². The summed E-state index contributed by atoms with van der Waals surface area (Å²) in [5, 5.41) is 9.07. The van der Waals surface area contributed by atoms with Gasteiger partial charge in [-0.1, -0.05) is 22.0 Å². The number of halogens is 1. The predicted molar refractivity (Wildman–Crippen MR) is 84.6 cm³/mol. The Kier molecular flexibility index (Phi) is 4.75. The number of nitriles is 1. The van der Waals surface area contributed by atoms with E-state index in [9.17, 15) is 0 Å². The Balaban J connectivity index is 2.29. The number of aryl methyl sites for hydroxylation is 1. The van der Waals surface area contributed by atoms with E-state index in [1.165, 1.54) is 0 Å². The average molecular weight is 330 g/mol. The van der Waals surface area contributed by atoms with Gasteiger partial charge in [-0.2, -0.15) is 5.26 Å². The monoisotopic (exact) mass is 329 g/mol. The first-order valence-corrected chi connectivity index (χ1v) is 7.30. The number of hydrogen-bond acceptors (Lipinski definition) is 3. The van der Waals surface area contributed by atoms with Gasteiger partial charge >= 0.3 is 0 Å². The highest BCUT2D eigenvalue weighted by Gasteiger charge is 2.08. The van der Waals surface area contributed by atoms with E-state index in [1.54, 1.807) is 0 Å². The van der Waals surface area contributed by atoms with Crippen LogP contribution in [0.2, 0.25) is 0 Å². The fourth-order valence-electron chi connectivity index (χ4n) is 2.09. The lowest BCUT2D eigenvalue weighted by molar-refractivity contribution is 0.805. The molecule has 1 heterocycles. The highest BCUT2D eigenvalue weighted by atomic mass is 79.9. The summed E-state index contributed by atoms with van der Waals surface area (Å²) in [4.78, 5) is 6.73. The van der Waals surface area contributed by atoms with Crippen molar-refractivity contribution in [3.8, 4) is 6.07 Å². The Morgan fingerprint density at radius 2 is 2.10 bits per heavy atom. The normalized spacial score (nSPS) is 10.1. The number of nitrogens with zero attached hydrogens (tertiary/aromatic N) is 3. The molecule has 3 nitrogen and oxygen atoms in total. The van der Waals surface area contributed by atoms with Crippen LogP contribution in [0.15, 0.2) is 40.9 Å². The van der Waals surface area contributed by atoms with Gasteiger partial charge in [0.15, 0.2) is 0 Å². The maximum absolute atomic E-state index is 9.07. The van der Waals surface area contributed by atoms with E-state index in [0.717, 1.165) is 34.6 Å². The number of hydrogen-bond donors (Lipinski definition) is 0. The molecule has 4 heteroatoms. The molecule has 0 radical (unpaired) electrons. The molecule has 0 N–H and O–H groups in total. The lowest BCUT2D eigenvalue weighted by Gasteiger charge is -2.23. The fourth-order valence-corrected chi connectivity index (χ4v) is 2.57. The van der Waals surface area contributed by atoms with Gasteiger partial charge in [-0.15, -0.1) is 0 Å². The van der Waals surface area contributed by atoms with Gasteiger partial charge in [-0.05, 0) is 44.2 Å². The van der Waals surface area contributed by atoms with Crippen molar-refractivity contribution in [2.24, 2.45) is 0 Å². The van der Waals surface area contributed by atoms with Crippen molar-refractivity contribution >= 4 is 21.6 Å². The molecule has 0 fully saturated rings. The molecule has 0 amide bonds. The van der Waals surface area contributed by atoms with E-state index >= 15 is 0 Å². The highest BCUT2D eigenvalue weighted by molar-refractivity contribution is 9.10. The summed E-state index contributed by atoms with van der Waals surface area (Å²) < 4.78 is 0.919. The second-order valence-corrected chi connectivity index (χ2v) is 5.51. The molecule has 0 aliphatic carbocycles. The van der Waals surface area contributed by atoms with E-state index in [1.807, 2.05) is 43.3 Å². The Labute approximate surface area is 128 Å². The Bertz CT molecular complexity index is 646. The molecule has 0 saturated heterocycles. The van der Waals surface area contributed by atoms with Gasteiger partial charge in [-0.25, -0.2) is 0 Å². The van der Waals surface area contributed by atoms with Crippen LogP contribution in [-0.4, -0.2) is 11.5 Å². The fraction of sp³-hybridized carbons (Fsp3) is 0.250. The van der Waals surface area contributed by atoms with Gasteiger partial charge in [0.25, 0.3) is 0 Å². The van der Waals surface area contributed by atoms with Gasteiger partial charge < -0.3 is 4.90 Å². The van der Waals surface area contributed by atoms with E-state index in [2.05, 4.69) is 38.8 Å². The molecule has 0 atom stereocenters. The molecular formula is C16H16BrN3. The summed E-state index contributed by atoms with van der Waals surface area (Å²) in [6.07, 6.45) is 0. The predicted octanol–water partition coefficient (Wildman–Crippen LogP) is 4.05. The molecular weight excluding hydrogens is 314 g/mol. The Morgan fingerprint density at radius 3 is 2.75 bits per heavy atom. The molecule has 0 bridgehead atoms. The molecule has 2 aromatic rings. The molecule has 2 rings (SSSR count). The van der Waals surface area contributed by atoms with Gasteiger partial charge in [0, 0.05) is 22.4 Å². The molecule has 0 spiro atoms. The molecule has 1 aromatic heterocycles. The molecule has 0 saturated carbocycles. The van der Waals surface area contributed by atoms with Crippen LogP contribution >= 0.6 is 15.9 Å². The minimum Gasteiger partial charge on any atom is -0.366 e. The Hall–Kier alpha value is -1.86. The van der Waals surface area contributed by atoms with Crippen LogP contribution in [0.3, 0.4) is 0 Å². The van der Waals surface area contributed by atoms with Crippen molar-refractivity contribution in [3.63, 3.8) is 0 Å². The first-order valence-electron chi connectivity index (χ1n) is 6.50. The van der Waals surface area contributed by atoms with E-state index in [-0.39, 0.29) is 0 Å². The summed E-state index contributed by atoms with van der Waals surface area (Å²) >= 11 is 3.45. The van der Waals surface area contributed by atoms with Crippen molar-refractivity contribution in [2.75, 3.05) is 11.4 Å². The lowest BCUT2D eigenvalue weighted by Crippen LogP contribution is -2.22. The molecule has 0 unspecified atom stereocenters. The van der Waals surface area contributed by atoms with Crippen molar-refractivity contribution in [1.82, 2.24) is 4.98 Å². The number of anilines is 1. The SMILES string of the molecule is CCN(Cc1cccc(C)n1)c1cc(Br)cc(C#N)c1. The first kappa shape index (κ1) is 14.5. The summed E-state index contributed by atoms with van der Waals surface area (Å²) in [7, 11) is 0. The molecule has 20 heavy (non-hydrogen) atoms. The van der Waals surface area contributed by atoms with Gasteiger partial charge in [0.2, 0.25) is 0 Å². The topological polar surface area (TPSA) is 39.9 Å². The number of rotatable bonds is 4. The minimum absolute atomic E-state index is 0.657. The van der Waals surface area contributed by atoms with Crippen LogP contribution in [0.5, 0.6) is 0 Å². The third-order valence-corrected chi connectivity index (χ3v) is 3.52. The van der Waals surface area contributed by atoms with Crippen LogP contribution in [0, 0.1) is 18.3 Å². The average Bonchev–Trinajstić information content (AvgIpc) is 2.44. The number of aromatic nitrogens is 1. The number of pyridine rings is 1. The maximum atomic E-state index is 9.07. The van der Waals surface area contributed by atoms with E-state index in [4.69, 9.17) is 5.26 Å². The van der Waals surface area contributed by atoms with Crippen LogP contribution < -0.4 is 4.90 Å². The standard InChI is InChI=1S/C16H16BrN3/c1-3-20(11-15-6-4-5-12(2)19-15)16-8-13(10-18)7-14(17)9-16/h4-9H,3,11H2,1-2H3. The largest absolute Gasteiger partial charge is 0.366 e. The second-order valence-electron chi connectivity index (χ2n) is 4.59. The lowest BCUT2D eigenvalue weighted by atomic mass is 10.2. The van der Waals surface area contributed by atoms with Gasteiger partial charge in [0.05, 0.1) is 23.9 Å². The summed E-state index contributed by atoms with van der Waals surface area (Å²) in [6, 6.07) is 14.0. The molecule has 1 aromatic carbocycles. The van der Waals surface area contributed by atoms with Crippen molar-refractivity contribution in [1.29, 1.82) is 5.26 Å². The van der Waals surface area contributed by atoms with E-state index < -0.39 is 0 Å². The molecule has 0 aliphatic rings. The molecule has 0 aliphatic heterocycles. The quantitative estimate of drug-likeness (QED) is 0.849. The van der Waals surface area contributed by atoms with Crippen molar-refractivity contribution in [3.05, 3.63) is 57.8 Å². The summed E-state index contributed by atoms with van der Waals surface area (Å²) in [5.74, 6) is 0. The smallest absolute Gasteiger partial charge is 0.0992 e. The maximum Gasteiger partial charge on any atom is 0.0992 e. The van der Waals surface area contributed by atoms with Crippen LogP contribution in [-0.2, 0) is 6.54 Å². The molecule has 102 valence electrons. The first-order chi connectivity index (χ1) is 9.62. The van der Waals surface area contributed by atoms with Gasteiger partial charge in [-0.3, -0.25) is 4.98 Å². The summed E-state index contributed by atoms with van der Waals surface area (Å²) in [6.45, 7) is 5.69. The summed E-state index contributed by atoms with van der Waals surface area (Å²) in [5.41, 5.74) is 3.74. The second kappa shape index (κ2) is 6.53. The van der Waals surface area contributed by atoms with Gasteiger partial charge in [0.1, 0.15) is 0 Å². The van der Waals surface area contributed by atoms with Crippen LogP contribution in [0.4, 0.5) is 5.69 Å². The Morgan fingerprint density at radius 1 is 1.30 bits per heavy atom. The third-order valence-electron chi connectivity index (χ3n) is 3.06. The van der Waals surface area contributed by atoms with Crippen LogP contribution in [0.25, 0.3) is 0 Å². The highest BCUT2D eigenvalue weighted by Crippen LogP contribution is 2.23. The zero-order valence-electron chi connectivity index (χ0n) is 11.6. The number of benzene rings is 1. The zero-order chi connectivity index (χ0) is 14.5. The zero-order valence-corrected chi connectivity index (χ0v) is 13.2. The minimum atomic E-state index is 0.657. The van der Waals surface area contributed by atoms with Crippen molar-refractivity contribution in [2.45, 2.75) is 20.4 Å². The van der Waals surface area contributed by atoms with Crippen molar-refractivity contribution < 1.29 is 0 Å². The third kappa shape index (κ3) is 3.58. The van der Waals surface area contributed by atoms with E-state index in [0.29, 0.717) is 5.56 Å².